The van der Waals surface area contributed by atoms with E-state index in [1.165, 1.54) is 0 Å². The Bertz CT molecular complexity index is 802. The van der Waals surface area contributed by atoms with Gasteiger partial charge in [-0.1, -0.05) is 42.5 Å². The normalized spacial score (nSPS) is 10.3. The first-order valence-corrected chi connectivity index (χ1v) is 7.17. The summed E-state index contributed by atoms with van der Waals surface area (Å²) in [6, 6.07) is 20.4. The van der Waals surface area contributed by atoms with Crippen LogP contribution < -0.4 is 5.32 Å². The number of carbonyl (C=O) groups is 1. The van der Waals surface area contributed by atoms with Gasteiger partial charge in [0.2, 0.25) is 0 Å². The van der Waals surface area contributed by atoms with Crippen LogP contribution in [0.15, 0.2) is 66.7 Å². The van der Waals surface area contributed by atoms with Crippen molar-refractivity contribution in [3.05, 3.63) is 77.9 Å². The van der Waals surface area contributed by atoms with Crippen molar-refractivity contribution in [2.45, 2.75) is 6.54 Å². The van der Waals surface area contributed by atoms with Gasteiger partial charge < -0.3 is 10.4 Å². The predicted octanol–water partition coefficient (Wildman–Crippen LogP) is 3.45. The van der Waals surface area contributed by atoms with Crippen LogP contribution in [-0.2, 0) is 6.54 Å². The molecule has 0 fully saturated rings. The first kappa shape index (κ1) is 14.7. The van der Waals surface area contributed by atoms with Gasteiger partial charge in [-0.15, -0.1) is 10.2 Å². The summed E-state index contributed by atoms with van der Waals surface area (Å²) < 4.78 is 0. The molecule has 0 aliphatic rings. The lowest BCUT2D eigenvalue weighted by molar-refractivity contribution is 0.0697. The topological polar surface area (TPSA) is 75.1 Å². The van der Waals surface area contributed by atoms with E-state index in [-0.39, 0.29) is 5.56 Å². The minimum Gasteiger partial charge on any atom is -0.478 e. The molecule has 5 nitrogen and oxygen atoms in total. The van der Waals surface area contributed by atoms with Gasteiger partial charge in [-0.05, 0) is 29.8 Å². The zero-order chi connectivity index (χ0) is 16.1. The van der Waals surface area contributed by atoms with E-state index in [0.717, 1.165) is 16.8 Å². The maximum atomic E-state index is 11.0. The number of carboxylic acids is 1. The highest BCUT2D eigenvalue weighted by molar-refractivity contribution is 5.87. The number of carboxylic acid groups (broad SMARTS) is 1. The van der Waals surface area contributed by atoms with Crippen molar-refractivity contribution in [3.8, 4) is 11.3 Å². The van der Waals surface area contributed by atoms with E-state index in [2.05, 4.69) is 15.5 Å². The summed E-state index contributed by atoms with van der Waals surface area (Å²) in [5.41, 5.74) is 2.97. The Morgan fingerprint density at radius 1 is 0.957 bits per heavy atom. The van der Waals surface area contributed by atoms with E-state index in [1.54, 1.807) is 18.2 Å². The second kappa shape index (κ2) is 6.70. The summed E-state index contributed by atoms with van der Waals surface area (Å²) >= 11 is 0. The largest absolute Gasteiger partial charge is 0.478 e. The van der Waals surface area contributed by atoms with Crippen molar-refractivity contribution < 1.29 is 9.90 Å². The van der Waals surface area contributed by atoms with Crippen molar-refractivity contribution in [3.63, 3.8) is 0 Å². The third kappa shape index (κ3) is 3.71. The highest BCUT2D eigenvalue weighted by Crippen LogP contribution is 2.16. The molecule has 23 heavy (non-hydrogen) atoms. The molecule has 0 aliphatic carbocycles. The number of aromatic nitrogens is 2. The lowest BCUT2D eigenvalue weighted by atomic mass is 10.1. The molecule has 0 amide bonds. The first-order chi connectivity index (χ1) is 11.2. The molecular weight excluding hydrogens is 290 g/mol. The van der Waals surface area contributed by atoms with Gasteiger partial charge in [0.25, 0.3) is 0 Å². The number of nitrogens with zero attached hydrogens (tertiary/aromatic N) is 2. The standard InChI is InChI=1S/C18H15N3O2/c22-18(23)15-8-4-5-13(11-15)12-19-17-10-9-16(20-21-17)14-6-2-1-3-7-14/h1-11H,12H2,(H,19,21)(H,22,23). The van der Waals surface area contributed by atoms with Gasteiger partial charge in [-0.25, -0.2) is 4.79 Å². The second-order valence-electron chi connectivity index (χ2n) is 5.03. The Kier molecular flexibility index (Phi) is 4.29. The van der Waals surface area contributed by atoms with Gasteiger partial charge in [-0.3, -0.25) is 0 Å². The summed E-state index contributed by atoms with van der Waals surface area (Å²) in [6.45, 7) is 0.487. The first-order valence-electron chi connectivity index (χ1n) is 7.17. The van der Waals surface area contributed by atoms with Crippen LogP contribution in [0.2, 0.25) is 0 Å². The van der Waals surface area contributed by atoms with E-state index in [9.17, 15) is 4.79 Å². The van der Waals surface area contributed by atoms with Crippen LogP contribution in [0, 0.1) is 0 Å². The third-order valence-corrected chi connectivity index (χ3v) is 3.38. The smallest absolute Gasteiger partial charge is 0.335 e. The average Bonchev–Trinajstić information content (AvgIpc) is 2.61. The number of rotatable bonds is 5. The molecule has 0 unspecified atom stereocenters. The van der Waals surface area contributed by atoms with Gasteiger partial charge in [0.1, 0.15) is 5.82 Å². The maximum Gasteiger partial charge on any atom is 0.335 e. The molecule has 0 aliphatic heterocycles. The van der Waals surface area contributed by atoms with E-state index in [0.29, 0.717) is 12.4 Å². The average molecular weight is 305 g/mol. The van der Waals surface area contributed by atoms with Crippen molar-refractivity contribution in [2.24, 2.45) is 0 Å². The van der Waals surface area contributed by atoms with Crippen molar-refractivity contribution >= 4 is 11.8 Å². The number of aromatic carboxylic acids is 1. The molecule has 1 aromatic heterocycles. The van der Waals surface area contributed by atoms with Crippen molar-refractivity contribution in [1.29, 1.82) is 0 Å². The molecule has 0 atom stereocenters. The maximum absolute atomic E-state index is 11.0. The fourth-order valence-electron chi connectivity index (χ4n) is 2.20. The molecule has 3 aromatic rings. The molecule has 2 aromatic carbocycles. The molecule has 0 bridgehead atoms. The summed E-state index contributed by atoms with van der Waals surface area (Å²) in [4.78, 5) is 11.0. The molecule has 0 saturated carbocycles. The Balaban J connectivity index is 1.67. The van der Waals surface area contributed by atoms with Gasteiger partial charge in [0.05, 0.1) is 11.3 Å². The van der Waals surface area contributed by atoms with E-state index in [4.69, 9.17) is 5.11 Å². The molecule has 114 valence electrons. The monoisotopic (exact) mass is 305 g/mol. The fourth-order valence-corrected chi connectivity index (χ4v) is 2.20. The lowest BCUT2D eigenvalue weighted by Crippen LogP contribution is -2.04. The van der Waals surface area contributed by atoms with E-state index >= 15 is 0 Å². The van der Waals surface area contributed by atoms with Crippen LogP contribution >= 0.6 is 0 Å². The van der Waals surface area contributed by atoms with Gasteiger partial charge in [0, 0.05) is 12.1 Å². The quantitative estimate of drug-likeness (QED) is 0.755. The zero-order valence-corrected chi connectivity index (χ0v) is 12.3. The van der Waals surface area contributed by atoms with Crippen molar-refractivity contribution in [1.82, 2.24) is 10.2 Å². The number of hydrogen-bond acceptors (Lipinski definition) is 4. The number of nitrogens with one attached hydrogen (secondary N) is 1. The minimum absolute atomic E-state index is 0.273. The molecule has 0 spiro atoms. The van der Waals surface area contributed by atoms with Gasteiger partial charge >= 0.3 is 5.97 Å². The molecule has 5 heteroatoms. The Morgan fingerprint density at radius 3 is 2.48 bits per heavy atom. The number of anilines is 1. The summed E-state index contributed by atoms with van der Waals surface area (Å²) in [5, 5.41) is 20.5. The van der Waals surface area contributed by atoms with Crippen LogP contribution in [0.5, 0.6) is 0 Å². The number of benzene rings is 2. The highest BCUT2D eigenvalue weighted by Gasteiger charge is 2.04. The van der Waals surface area contributed by atoms with E-state index in [1.807, 2.05) is 48.5 Å². The van der Waals surface area contributed by atoms with Gasteiger partial charge in [-0.2, -0.15) is 0 Å². The molecule has 2 N–H and O–H groups in total. The Labute approximate surface area is 133 Å². The summed E-state index contributed by atoms with van der Waals surface area (Å²) in [7, 11) is 0. The SMILES string of the molecule is O=C(O)c1cccc(CNc2ccc(-c3ccccc3)nn2)c1. The Hall–Kier alpha value is -3.21. The zero-order valence-electron chi connectivity index (χ0n) is 12.3. The number of hydrogen-bond donors (Lipinski definition) is 2. The molecule has 0 saturated heterocycles. The Morgan fingerprint density at radius 2 is 1.78 bits per heavy atom. The molecular formula is C18H15N3O2. The lowest BCUT2D eigenvalue weighted by Gasteiger charge is -2.07. The minimum atomic E-state index is -0.932. The highest BCUT2D eigenvalue weighted by atomic mass is 16.4. The second-order valence-corrected chi connectivity index (χ2v) is 5.03. The van der Waals surface area contributed by atoms with E-state index < -0.39 is 5.97 Å². The van der Waals surface area contributed by atoms with Crippen molar-refractivity contribution in [2.75, 3.05) is 5.32 Å². The predicted molar refractivity (Wildman–Crippen MR) is 88.2 cm³/mol. The fraction of sp³-hybridized carbons (Fsp3) is 0.0556. The summed E-state index contributed by atoms with van der Waals surface area (Å²) in [6.07, 6.45) is 0. The van der Waals surface area contributed by atoms with Crippen LogP contribution in [0.1, 0.15) is 15.9 Å². The van der Waals surface area contributed by atoms with Crippen LogP contribution in [-0.4, -0.2) is 21.3 Å². The third-order valence-electron chi connectivity index (χ3n) is 3.38. The van der Waals surface area contributed by atoms with Crippen LogP contribution in [0.4, 0.5) is 5.82 Å². The van der Waals surface area contributed by atoms with Gasteiger partial charge in [0.15, 0.2) is 0 Å². The molecule has 0 radical (unpaired) electrons. The summed E-state index contributed by atoms with van der Waals surface area (Å²) in [5.74, 6) is -0.288. The van der Waals surface area contributed by atoms with Crippen LogP contribution in [0.3, 0.4) is 0 Å². The molecule has 1 heterocycles. The van der Waals surface area contributed by atoms with Crippen LogP contribution in [0.25, 0.3) is 11.3 Å². The molecule has 3 rings (SSSR count).